The summed E-state index contributed by atoms with van der Waals surface area (Å²) >= 11 is 0. The van der Waals surface area contributed by atoms with E-state index in [-0.39, 0.29) is 12.6 Å². The smallest absolute Gasteiger partial charge is 0.321 e. The van der Waals surface area contributed by atoms with E-state index in [0.29, 0.717) is 5.92 Å². The second kappa shape index (κ2) is 9.81. The summed E-state index contributed by atoms with van der Waals surface area (Å²) in [6.07, 6.45) is 6.93. The molecule has 1 aromatic carbocycles. The summed E-state index contributed by atoms with van der Waals surface area (Å²) in [7, 11) is 0. The van der Waals surface area contributed by atoms with Gasteiger partial charge in [0.25, 0.3) is 5.91 Å². The fraction of sp³-hybridized carbons (Fsp3) is 0.526. The van der Waals surface area contributed by atoms with Gasteiger partial charge in [-0.05, 0) is 29.9 Å². The van der Waals surface area contributed by atoms with Crippen molar-refractivity contribution in [2.75, 3.05) is 6.61 Å². The molecular formula is C19H27N3O3. The zero-order chi connectivity index (χ0) is 18.1. The Labute approximate surface area is 149 Å². The summed E-state index contributed by atoms with van der Waals surface area (Å²) in [5.74, 6) is -0.0358. The van der Waals surface area contributed by atoms with Gasteiger partial charge >= 0.3 is 6.03 Å². The first-order valence-electron chi connectivity index (χ1n) is 8.90. The Bertz CT molecular complexity index is 590. The van der Waals surface area contributed by atoms with E-state index < -0.39 is 11.9 Å². The predicted molar refractivity (Wildman–Crippen MR) is 97.6 cm³/mol. The van der Waals surface area contributed by atoms with E-state index >= 15 is 0 Å². The maximum atomic E-state index is 11.7. The van der Waals surface area contributed by atoms with Crippen LogP contribution in [0.25, 0.3) is 0 Å². The van der Waals surface area contributed by atoms with Crippen molar-refractivity contribution in [3.8, 4) is 0 Å². The highest BCUT2D eigenvalue weighted by Crippen LogP contribution is 2.17. The Balaban J connectivity index is 1.66. The normalized spacial score (nSPS) is 15.3. The summed E-state index contributed by atoms with van der Waals surface area (Å²) in [6.45, 7) is 3.98. The van der Waals surface area contributed by atoms with E-state index in [1.54, 1.807) is 6.21 Å². The van der Waals surface area contributed by atoms with Gasteiger partial charge in [-0.2, -0.15) is 0 Å². The summed E-state index contributed by atoms with van der Waals surface area (Å²) in [5.41, 5.74) is 2.14. The van der Waals surface area contributed by atoms with Gasteiger partial charge in [-0.25, -0.2) is 4.79 Å². The Morgan fingerprint density at radius 2 is 1.88 bits per heavy atom. The molecule has 1 aliphatic rings. The second-order valence-electron chi connectivity index (χ2n) is 6.69. The summed E-state index contributed by atoms with van der Waals surface area (Å²) in [4.78, 5) is 28.3. The lowest BCUT2D eigenvalue weighted by atomic mass is 9.96. The van der Waals surface area contributed by atoms with Crippen LogP contribution >= 0.6 is 0 Å². The van der Waals surface area contributed by atoms with Crippen LogP contribution in [-0.4, -0.2) is 30.8 Å². The van der Waals surface area contributed by atoms with Gasteiger partial charge in [-0.15, -0.1) is 0 Å². The first-order valence-corrected chi connectivity index (χ1v) is 8.90. The number of benzene rings is 1. The van der Waals surface area contributed by atoms with Gasteiger partial charge in [0, 0.05) is 6.04 Å². The number of amides is 3. The van der Waals surface area contributed by atoms with Crippen LogP contribution in [0.3, 0.4) is 0 Å². The quantitative estimate of drug-likeness (QED) is 0.613. The Kier molecular flexibility index (Phi) is 7.44. The van der Waals surface area contributed by atoms with Crippen LogP contribution in [0.1, 0.15) is 63.0 Å². The van der Waals surface area contributed by atoms with Crippen LogP contribution in [-0.2, 0) is 9.63 Å². The van der Waals surface area contributed by atoms with Crippen LogP contribution in [0, 0.1) is 0 Å². The standard InChI is InChI=1S/C19H27N3O3/c1-14(2)16-10-8-15(9-11-16)12-20-25-13-18(23)22-19(24)21-17-6-4-3-5-7-17/h8-12,14,17H,3-7,13H2,1-2H3,(H2,21,22,23,24)/b20-12-. The molecular weight excluding hydrogens is 318 g/mol. The van der Waals surface area contributed by atoms with Crippen molar-refractivity contribution in [3.05, 3.63) is 35.4 Å². The first kappa shape index (κ1) is 19.0. The lowest BCUT2D eigenvalue weighted by molar-refractivity contribution is -0.124. The predicted octanol–water partition coefficient (Wildman–Crippen LogP) is 3.32. The van der Waals surface area contributed by atoms with Crippen LogP contribution in [0.4, 0.5) is 4.79 Å². The van der Waals surface area contributed by atoms with Crippen molar-refractivity contribution in [1.29, 1.82) is 0 Å². The van der Waals surface area contributed by atoms with Crippen molar-refractivity contribution in [2.24, 2.45) is 5.16 Å². The minimum Gasteiger partial charge on any atom is -0.386 e. The Hall–Kier alpha value is -2.37. The summed E-state index contributed by atoms with van der Waals surface area (Å²) in [6, 6.07) is 7.66. The molecule has 0 aromatic heterocycles. The van der Waals surface area contributed by atoms with Crippen molar-refractivity contribution in [3.63, 3.8) is 0 Å². The van der Waals surface area contributed by atoms with Crippen molar-refractivity contribution in [2.45, 2.75) is 57.9 Å². The molecule has 1 aliphatic carbocycles. The van der Waals surface area contributed by atoms with Crippen LogP contribution in [0.5, 0.6) is 0 Å². The number of hydrogen-bond donors (Lipinski definition) is 2. The Morgan fingerprint density at radius 3 is 2.52 bits per heavy atom. The molecule has 0 atom stereocenters. The molecule has 2 rings (SSSR count). The number of nitrogens with zero attached hydrogens (tertiary/aromatic N) is 1. The highest BCUT2D eigenvalue weighted by molar-refractivity contribution is 5.95. The van der Waals surface area contributed by atoms with Crippen molar-refractivity contribution < 1.29 is 14.4 Å². The highest BCUT2D eigenvalue weighted by Gasteiger charge is 2.16. The van der Waals surface area contributed by atoms with Gasteiger partial charge in [0.15, 0.2) is 6.61 Å². The fourth-order valence-corrected chi connectivity index (χ4v) is 2.79. The van der Waals surface area contributed by atoms with Gasteiger partial charge in [-0.1, -0.05) is 62.5 Å². The van der Waals surface area contributed by atoms with E-state index in [0.717, 1.165) is 31.2 Å². The second-order valence-corrected chi connectivity index (χ2v) is 6.69. The number of carbonyl (C=O) groups excluding carboxylic acids is 2. The molecule has 0 saturated heterocycles. The molecule has 6 heteroatoms. The maximum absolute atomic E-state index is 11.7. The van der Waals surface area contributed by atoms with E-state index in [9.17, 15) is 9.59 Å². The Morgan fingerprint density at radius 1 is 1.20 bits per heavy atom. The largest absolute Gasteiger partial charge is 0.386 e. The van der Waals surface area contributed by atoms with E-state index in [2.05, 4.69) is 29.6 Å². The number of nitrogens with one attached hydrogen (secondary N) is 2. The third kappa shape index (κ3) is 6.95. The highest BCUT2D eigenvalue weighted by atomic mass is 16.6. The molecule has 0 aliphatic heterocycles. The average Bonchev–Trinajstić information content (AvgIpc) is 2.60. The molecule has 25 heavy (non-hydrogen) atoms. The number of oxime groups is 1. The number of rotatable bonds is 6. The maximum Gasteiger partial charge on any atom is 0.321 e. The molecule has 0 heterocycles. The lowest BCUT2D eigenvalue weighted by Gasteiger charge is -2.22. The molecule has 1 saturated carbocycles. The van der Waals surface area contributed by atoms with E-state index in [1.165, 1.54) is 12.0 Å². The van der Waals surface area contributed by atoms with Gasteiger partial charge < -0.3 is 10.2 Å². The molecule has 3 amide bonds. The minimum atomic E-state index is -0.513. The van der Waals surface area contributed by atoms with Crippen molar-refractivity contribution in [1.82, 2.24) is 10.6 Å². The molecule has 1 fully saturated rings. The molecule has 6 nitrogen and oxygen atoms in total. The van der Waals surface area contributed by atoms with Gasteiger partial charge in [0.05, 0.1) is 6.21 Å². The van der Waals surface area contributed by atoms with Crippen LogP contribution in [0.2, 0.25) is 0 Å². The van der Waals surface area contributed by atoms with Crippen LogP contribution in [0.15, 0.2) is 29.4 Å². The minimum absolute atomic E-state index is 0.161. The molecule has 0 radical (unpaired) electrons. The molecule has 0 bridgehead atoms. The number of urea groups is 1. The van der Waals surface area contributed by atoms with Crippen LogP contribution < -0.4 is 10.6 Å². The third-order valence-corrected chi connectivity index (χ3v) is 4.27. The topological polar surface area (TPSA) is 79.8 Å². The third-order valence-electron chi connectivity index (χ3n) is 4.27. The zero-order valence-corrected chi connectivity index (χ0v) is 15.0. The van der Waals surface area contributed by atoms with E-state index in [1.807, 2.05) is 24.3 Å². The average molecular weight is 345 g/mol. The van der Waals surface area contributed by atoms with E-state index in [4.69, 9.17) is 4.84 Å². The number of hydrogen-bond acceptors (Lipinski definition) is 4. The summed E-state index contributed by atoms with van der Waals surface area (Å²) in [5, 5.41) is 8.83. The fourth-order valence-electron chi connectivity index (χ4n) is 2.79. The van der Waals surface area contributed by atoms with Gasteiger partial charge in [0.1, 0.15) is 0 Å². The van der Waals surface area contributed by atoms with Gasteiger partial charge in [-0.3, -0.25) is 10.1 Å². The molecule has 2 N–H and O–H groups in total. The van der Waals surface area contributed by atoms with Gasteiger partial charge in [0.2, 0.25) is 0 Å². The lowest BCUT2D eigenvalue weighted by Crippen LogP contribution is -2.46. The monoisotopic (exact) mass is 345 g/mol. The molecule has 0 unspecified atom stereocenters. The molecule has 1 aromatic rings. The SMILES string of the molecule is CC(C)c1ccc(/C=N\OCC(=O)NC(=O)NC2CCCCC2)cc1. The zero-order valence-electron chi connectivity index (χ0n) is 15.0. The van der Waals surface area contributed by atoms with Crippen molar-refractivity contribution >= 4 is 18.2 Å². The molecule has 136 valence electrons. The number of carbonyl (C=O) groups is 2. The number of imide groups is 1. The molecule has 0 spiro atoms. The first-order chi connectivity index (χ1) is 12.0. The summed E-state index contributed by atoms with van der Waals surface area (Å²) < 4.78 is 0.